The Bertz CT molecular complexity index is 1400. The van der Waals surface area contributed by atoms with Gasteiger partial charge in [0, 0.05) is 17.7 Å². The molecule has 3 aromatic rings. The van der Waals surface area contributed by atoms with Crippen LogP contribution in [0.5, 0.6) is 11.5 Å². The number of benzene rings is 3. The van der Waals surface area contributed by atoms with Crippen LogP contribution in [0.25, 0.3) is 10.8 Å². The molecule has 0 amide bonds. The van der Waals surface area contributed by atoms with E-state index in [9.17, 15) is 26.5 Å². The van der Waals surface area contributed by atoms with Crippen molar-refractivity contribution in [3.05, 3.63) is 48.0 Å². The molecule has 30 heavy (non-hydrogen) atoms. The highest BCUT2D eigenvalue weighted by Gasteiger charge is 2.18. The lowest BCUT2D eigenvalue weighted by Crippen LogP contribution is -2.01. The maximum Gasteiger partial charge on any atom is 0.294 e. The molecule has 0 aliphatic rings. The number of fused-ring (bicyclic) bond motifs is 1. The van der Waals surface area contributed by atoms with E-state index in [0.29, 0.717) is 10.8 Å². The largest absolute Gasteiger partial charge is 0.506 e. The molecule has 0 spiro atoms. The highest BCUT2D eigenvalue weighted by molar-refractivity contribution is 7.90. The Hall–Kier alpha value is -3.02. The Morgan fingerprint density at radius 1 is 0.967 bits per heavy atom. The number of ether oxygens (including phenoxy) is 1. The van der Waals surface area contributed by atoms with E-state index in [1.165, 1.54) is 44.4 Å². The van der Waals surface area contributed by atoms with Gasteiger partial charge in [-0.15, -0.1) is 10.2 Å². The number of azo groups is 1. The molecule has 0 saturated heterocycles. The van der Waals surface area contributed by atoms with Crippen LogP contribution in [0.2, 0.25) is 0 Å². The van der Waals surface area contributed by atoms with Crippen molar-refractivity contribution in [2.75, 3.05) is 13.4 Å². The summed E-state index contributed by atoms with van der Waals surface area (Å²) in [6.45, 7) is 1.48. The number of hydrogen-bond donors (Lipinski definition) is 2. The van der Waals surface area contributed by atoms with Crippen molar-refractivity contribution in [3.8, 4) is 11.5 Å². The van der Waals surface area contributed by atoms with Gasteiger partial charge in [-0.05, 0) is 42.1 Å². The van der Waals surface area contributed by atoms with Gasteiger partial charge in [-0.3, -0.25) is 4.55 Å². The molecule has 0 atom stereocenters. The minimum atomic E-state index is -4.44. The van der Waals surface area contributed by atoms with Gasteiger partial charge < -0.3 is 9.84 Å². The fraction of sp³-hybridized carbons (Fsp3) is 0.158. The summed E-state index contributed by atoms with van der Waals surface area (Å²) in [5, 5.41) is 19.4. The van der Waals surface area contributed by atoms with Crippen LogP contribution in [0.3, 0.4) is 0 Å². The molecule has 3 rings (SSSR count). The molecular weight excluding hydrogens is 432 g/mol. The number of hydrogen-bond acceptors (Lipinski definition) is 8. The second-order valence-corrected chi connectivity index (χ2v) is 9.96. The zero-order valence-corrected chi connectivity index (χ0v) is 17.8. The quantitative estimate of drug-likeness (QED) is 0.443. The van der Waals surface area contributed by atoms with Crippen LogP contribution < -0.4 is 4.74 Å². The number of nitrogens with zero attached hydrogens (tertiary/aromatic N) is 2. The van der Waals surface area contributed by atoms with Gasteiger partial charge in [-0.25, -0.2) is 8.42 Å². The van der Waals surface area contributed by atoms with Crippen LogP contribution in [0, 0.1) is 6.92 Å². The van der Waals surface area contributed by atoms with E-state index in [1.54, 1.807) is 6.07 Å². The Kier molecular flexibility index (Phi) is 5.54. The van der Waals surface area contributed by atoms with Crippen molar-refractivity contribution in [1.82, 2.24) is 0 Å². The van der Waals surface area contributed by atoms with Crippen molar-refractivity contribution >= 4 is 42.1 Å². The Labute approximate surface area is 173 Å². The van der Waals surface area contributed by atoms with Gasteiger partial charge in [0.25, 0.3) is 10.1 Å². The Morgan fingerprint density at radius 3 is 2.27 bits per heavy atom. The third-order valence-corrected chi connectivity index (χ3v) is 6.49. The third kappa shape index (κ3) is 4.27. The summed E-state index contributed by atoms with van der Waals surface area (Å²) in [6.07, 6.45) is 1.10. The summed E-state index contributed by atoms with van der Waals surface area (Å²) in [5.74, 6) is -0.125. The van der Waals surface area contributed by atoms with E-state index >= 15 is 0 Å². The molecule has 11 heteroatoms. The van der Waals surface area contributed by atoms with Crippen molar-refractivity contribution in [1.29, 1.82) is 0 Å². The molecule has 3 aromatic carbocycles. The number of phenols is 1. The maximum absolute atomic E-state index is 11.8. The first-order valence-corrected chi connectivity index (χ1v) is 11.8. The minimum Gasteiger partial charge on any atom is -0.506 e. The van der Waals surface area contributed by atoms with Crippen LogP contribution in [0.4, 0.5) is 11.4 Å². The van der Waals surface area contributed by atoms with Gasteiger partial charge in [-0.1, -0.05) is 12.1 Å². The third-order valence-electron chi connectivity index (χ3n) is 4.38. The van der Waals surface area contributed by atoms with E-state index in [0.717, 1.165) is 12.3 Å². The molecule has 0 aliphatic heterocycles. The first kappa shape index (κ1) is 21.7. The molecular formula is C19H18N2O7S2. The molecule has 0 saturated carbocycles. The van der Waals surface area contributed by atoms with Gasteiger partial charge in [-0.2, -0.15) is 8.42 Å². The first-order valence-electron chi connectivity index (χ1n) is 8.45. The molecule has 0 fully saturated rings. The van der Waals surface area contributed by atoms with E-state index in [2.05, 4.69) is 10.2 Å². The van der Waals surface area contributed by atoms with Crippen molar-refractivity contribution in [3.63, 3.8) is 0 Å². The van der Waals surface area contributed by atoms with E-state index in [-0.39, 0.29) is 38.2 Å². The lowest BCUT2D eigenvalue weighted by atomic mass is 10.1. The zero-order chi connectivity index (χ0) is 22.3. The monoisotopic (exact) mass is 450 g/mol. The molecule has 9 nitrogen and oxygen atoms in total. The fourth-order valence-electron chi connectivity index (χ4n) is 2.89. The SMILES string of the molecule is COc1cc(S(=O)(=O)O)c(C)cc1N=Nc1c(O)ccc2cc(S(C)(=O)=O)ccc12. The van der Waals surface area contributed by atoms with E-state index in [1.807, 2.05) is 0 Å². The maximum atomic E-state index is 11.8. The molecule has 0 radical (unpaired) electrons. The average Bonchev–Trinajstić information content (AvgIpc) is 2.65. The molecule has 2 N–H and O–H groups in total. The number of aromatic hydroxyl groups is 1. The zero-order valence-electron chi connectivity index (χ0n) is 16.2. The number of aryl methyl sites for hydroxylation is 1. The highest BCUT2D eigenvalue weighted by atomic mass is 32.2. The van der Waals surface area contributed by atoms with Crippen LogP contribution in [0.1, 0.15) is 5.56 Å². The number of phenolic OH excluding ortho intramolecular Hbond substituents is 1. The van der Waals surface area contributed by atoms with Crippen LogP contribution in [-0.4, -0.2) is 39.9 Å². The van der Waals surface area contributed by atoms with Crippen molar-refractivity contribution < 1.29 is 31.2 Å². The molecule has 0 aliphatic carbocycles. The van der Waals surface area contributed by atoms with Crippen LogP contribution in [0.15, 0.2) is 62.5 Å². The minimum absolute atomic E-state index is 0.0519. The lowest BCUT2D eigenvalue weighted by Gasteiger charge is -2.09. The Morgan fingerprint density at radius 2 is 1.67 bits per heavy atom. The highest BCUT2D eigenvalue weighted by Crippen LogP contribution is 2.39. The van der Waals surface area contributed by atoms with Gasteiger partial charge >= 0.3 is 0 Å². The average molecular weight is 450 g/mol. The predicted octanol–water partition coefficient (Wildman–Crippen LogP) is 3.93. The first-order chi connectivity index (χ1) is 13.9. The van der Waals surface area contributed by atoms with Crippen LogP contribution >= 0.6 is 0 Å². The summed E-state index contributed by atoms with van der Waals surface area (Å²) in [5.41, 5.74) is 0.504. The summed E-state index contributed by atoms with van der Waals surface area (Å²) >= 11 is 0. The summed E-state index contributed by atoms with van der Waals surface area (Å²) in [6, 6.07) is 9.81. The van der Waals surface area contributed by atoms with Crippen molar-refractivity contribution in [2.45, 2.75) is 16.7 Å². The molecule has 158 valence electrons. The molecule has 0 bridgehead atoms. The summed E-state index contributed by atoms with van der Waals surface area (Å²) in [4.78, 5) is -0.193. The standard InChI is InChI=1S/C19H18N2O7S2/c1-11-8-15(17(28-2)10-18(11)30(25,26)27)20-21-19-14-6-5-13(29(3,23)24)9-12(14)4-7-16(19)22/h4-10,22H,1-3H3,(H,25,26,27). The van der Waals surface area contributed by atoms with E-state index in [4.69, 9.17) is 4.74 Å². The summed E-state index contributed by atoms with van der Waals surface area (Å²) < 4.78 is 60.9. The van der Waals surface area contributed by atoms with Crippen molar-refractivity contribution in [2.24, 2.45) is 10.2 Å². The fourth-order valence-corrected chi connectivity index (χ4v) is 4.27. The summed E-state index contributed by atoms with van der Waals surface area (Å²) in [7, 11) is -6.54. The van der Waals surface area contributed by atoms with Crippen LogP contribution in [-0.2, 0) is 20.0 Å². The second kappa shape index (κ2) is 7.67. The number of rotatable bonds is 5. The number of methoxy groups -OCH3 is 1. The Balaban J connectivity index is 2.14. The van der Waals surface area contributed by atoms with Gasteiger partial charge in [0.05, 0.1) is 12.0 Å². The van der Waals surface area contributed by atoms with Gasteiger partial charge in [0.15, 0.2) is 9.84 Å². The second-order valence-electron chi connectivity index (χ2n) is 6.55. The normalized spacial score (nSPS) is 12.5. The molecule has 0 heterocycles. The van der Waals surface area contributed by atoms with E-state index < -0.39 is 20.0 Å². The molecule has 0 unspecified atom stereocenters. The predicted molar refractivity (Wildman–Crippen MR) is 110 cm³/mol. The lowest BCUT2D eigenvalue weighted by molar-refractivity contribution is 0.413. The van der Waals surface area contributed by atoms with Gasteiger partial charge in [0.1, 0.15) is 27.8 Å². The van der Waals surface area contributed by atoms with Gasteiger partial charge in [0.2, 0.25) is 0 Å². The molecule has 0 aromatic heterocycles. The smallest absolute Gasteiger partial charge is 0.294 e. The number of sulfone groups is 1. The topological polar surface area (TPSA) is 143 Å².